The van der Waals surface area contributed by atoms with E-state index in [4.69, 9.17) is 39.5 Å². The number of fused-ring (bicyclic) bond motifs is 3. The first-order valence-corrected chi connectivity index (χ1v) is 13.9. The van der Waals surface area contributed by atoms with Gasteiger partial charge in [0.25, 0.3) is 5.91 Å². The lowest BCUT2D eigenvalue weighted by atomic mass is 9.99. The van der Waals surface area contributed by atoms with E-state index in [9.17, 15) is 9.59 Å². The number of ether oxygens (including phenoxy) is 1. The van der Waals surface area contributed by atoms with E-state index in [2.05, 4.69) is 15.5 Å². The molecule has 0 aliphatic rings. The number of aromatic amines is 1. The van der Waals surface area contributed by atoms with Crippen LogP contribution in [-0.2, 0) is 0 Å². The van der Waals surface area contributed by atoms with Crippen molar-refractivity contribution in [3.8, 4) is 16.9 Å². The largest absolute Gasteiger partial charge is 0.422 e. The zero-order chi connectivity index (χ0) is 29.2. The lowest BCUT2D eigenvalue weighted by molar-refractivity contribution is 0.0734. The summed E-state index contributed by atoms with van der Waals surface area (Å²) in [6.07, 6.45) is 1.40. The number of halogens is 3. The van der Waals surface area contributed by atoms with Gasteiger partial charge >= 0.3 is 5.97 Å². The van der Waals surface area contributed by atoms with Crippen LogP contribution in [0.2, 0.25) is 15.1 Å². The smallest absolute Gasteiger partial charge is 0.345 e. The minimum absolute atomic E-state index is 0.166. The molecule has 0 spiro atoms. The molecule has 1 heterocycles. The maximum absolute atomic E-state index is 13.5. The molecule has 0 bridgehead atoms. The van der Waals surface area contributed by atoms with Crippen molar-refractivity contribution in [3.05, 3.63) is 135 Å². The quantitative estimate of drug-likeness (QED) is 0.0852. The molecule has 0 atom stereocenters. The molecule has 0 aliphatic carbocycles. The molecule has 0 aliphatic heterocycles. The van der Waals surface area contributed by atoms with Gasteiger partial charge in [-0.25, -0.2) is 10.2 Å². The molecule has 6 rings (SSSR count). The van der Waals surface area contributed by atoms with Gasteiger partial charge in [0.05, 0.1) is 22.3 Å². The van der Waals surface area contributed by atoms with Crippen molar-refractivity contribution >= 4 is 74.6 Å². The van der Waals surface area contributed by atoms with Crippen LogP contribution in [0.25, 0.3) is 32.8 Å². The minimum atomic E-state index is -0.656. The molecule has 206 valence electrons. The maximum atomic E-state index is 13.5. The number of hydrogen-bond acceptors (Lipinski definition) is 4. The average molecular weight is 613 g/mol. The van der Waals surface area contributed by atoms with Crippen LogP contribution in [0.4, 0.5) is 0 Å². The summed E-state index contributed by atoms with van der Waals surface area (Å²) >= 11 is 18.7. The van der Waals surface area contributed by atoms with Crippen molar-refractivity contribution in [2.75, 3.05) is 0 Å². The zero-order valence-corrected chi connectivity index (χ0v) is 24.0. The first-order chi connectivity index (χ1) is 20.4. The van der Waals surface area contributed by atoms with Crippen molar-refractivity contribution in [1.82, 2.24) is 10.4 Å². The lowest BCUT2D eigenvalue weighted by Crippen LogP contribution is -2.19. The van der Waals surface area contributed by atoms with E-state index in [0.29, 0.717) is 32.4 Å². The van der Waals surface area contributed by atoms with Gasteiger partial charge in [-0.2, -0.15) is 5.10 Å². The minimum Gasteiger partial charge on any atom is -0.422 e. The van der Waals surface area contributed by atoms with Crippen LogP contribution in [0.1, 0.15) is 26.4 Å². The van der Waals surface area contributed by atoms with Crippen molar-refractivity contribution in [3.63, 3.8) is 0 Å². The fourth-order valence-corrected chi connectivity index (χ4v) is 5.47. The number of carbonyl (C=O) groups excluding carboxylic acids is 2. The van der Waals surface area contributed by atoms with E-state index < -0.39 is 11.9 Å². The summed E-state index contributed by atoms with van der Waals surface area (Å²) in [6, 6.07) is 30.6. The second kappa shape index (κ2) is 11.7. The third-order valence-electron chi connectivity index (χ3n) is 6.71. The fourth-order valence-electron chi connectivity index (χ4n) is 4.76. The highest BCUT2D eigenvalue weighted by atomic mass is 35.5. The fraction of sp³-hybridized carbons (Fsp3) is 0. The molecule has 0 fully saturated rings. The van der Waals surface area contributed by atoms with E-state index in [0.717, 1.165) is 21.7 Å². The van der Waals surface area contributed by atoms with Gasteiger partial charge in [-0.05, 0) is 41.8 Å². The number of nitrogens with one attached hydrogen (secondary N) is 2. The number of hydrogen-bond donors (Lipinski definition) is 2. The molecule has 0 saturated carbocycles. The number of hydrazone groups is 1. The number of carbonyl (C=O) groups is 2. The first-order valence-electron chi connectivity index (χ1n) is 12.8. The predicted molar refractivity (Wildman–Crippen MR) is 169 cm³/mol. The number of nitrogens with zero attached hydrogens (tertiary/aromatic N) is 1. The molecule has 2 N–H and O–H groups in total. The van der Waals surface area contributed by atoms with Gasteiger partial charge < -0.3 is 9.72 Å². The van der Waals surface area contributed by atoms with Crippen molar-refractivity contribution in [2.45, 2.75) is 0 Å². The SMILES string of the molecule is O=C(Oc1ccccc1C=NNC(=O)c1[nH]c2c(ccc3ccccc32)c1-c1ccccc1Cl)c1ccc(Cl)cc1Cl. The number of rotatable bonds is 6. The van der Waals surface area contributed by atoms with Crippen LogP contribution < -0.4 is 10.2 Å². The highest BCUT2D eigenvalue weighted by Gasteiger charge is 2.22. The Balaban J connectivity index is 1.31. The normalized spacial score (nSPS) is 11.3. The molecule has 6 nitrogen and oxygen atoms in total. The van der Waals surface area contributed by atoms with Gasteiger partial charge in [0.2, 0.25) is 0 Å². The Hall–Kier alpha value is -4.62. The summed E-state index contributed by atoms with van der Waals surface area (Å²) in [4.78, 5) is 29.6. The van der Waals surface area contributed by atoms with Gasteiger partial charge in [-0.15, -0.1) is 0 Å². The number of amides is 1. The van der Waals surface area contributed by atoms with E-state index in [1.807, 2.05) is 54.6 Å². The summed E-state index contributed by atoms with van der Waals surface area (Å²) in [5, 5.41) is 8.12. The summed E-state index contributed by atoms with van der Waals surface area (Å²) < 4.78 is 5.57. The topological polar surface area (TPSA) is 83.5 Å². The second-order valence-electron chi connectivity index (χ2n) is 9.31. The van der Waals surface area contributed by atoms with Gasteiger partial charge in [0, 0.05) is 37.5 Å². The van der Waals surface area contributed by atoms with Gasteiger partial charge in [-0.3, -0.25) is 4.79 Å². The van der Waals surface area contributed by atoms with E-state index in [-0.39, 0.29) is 16.3 Å². The van der Waals surface area contributed by atoms with Gasteiger partial charge in [-0.1, -0.05) is 102 Å². The predicted octanol–water partition coefficient (Wildman–Crippen LogP) is 8.93. The summed E-state index contributed by atoms with van der Waals surface area (Å²) in [5.41, 5.74) is 5.73. The Morgan fingerprint density at radius 3 is 2.38 bits per heavy atom. The van der Waals surface area contributed by atoms with Crippen LogP contribution >= 0.6 is 34.8 Å². The van der Waals surface area contributed by atoms with Crippen molar-refractivity contribution in [2.24, 2.45) is 5.10 Å². The van der Waals surface area contributed by atoms with Crippen molar-refractivity contribution in [1.29, 1.82) is 0 Å². The Labute approximate surface area is 255 Å². The Kier molecular flexibility index (Phi) is 7.68. The molecule has 9 heteroatoms. The molecular formula is C33H20Cl3N3O3. The highest BCUT2D eigenvalue weighted by molar-refractivity contribution is 6.36. The lowest BCUT2D eigenvalue weighted by Gasteiger charge is -2.09. The average Bonchev–Trinajstić information content (AvgIpc) is 3.38. The molecule has 0 saturated heterocycles. The number of aromatic nitrogens is 1. The number of H-pyrrole nitrogens is 1. The molecule has 1 amide bonds. The van der Waals surface area contributed by atoms with E-state index in [1.165, 1.54) is 18.3 Å². The Bertz CT molecular complexity index is 2030. The molecule has 0 unspecified atom stereocenters. The summed E-state index contributed by atoms with van der Waals surface area (Å²) in [7, 11) is 0. The standard InChI is InChI=1S/C33H20Cl3N3O3/c34-21-14-16-24(27(36)17-21)33(41)42-28-12-6-2-8-20(28)18-37-39-32(40)31-29(23-10-4-5-11-26(23)35)25-15-13-19-7-1-3-9-22(19)30(25)38-31/h1-18,38H,(H,39,40). The molecule has 0 radical (unpaired) electrons. The van der Waals surface area contributed by atoms with Crippen LogP contribution in [0.15, 0.2) is 108 Å². The number of para-hydroxylation sites is 1. The summed E-state index contributed by atoms with van der Waals surface area (Å²) in [5.74, 6) is -0.888. The molecule has 1 aromatic heterocycles. The third-order valence-corrected chi connectivity index (χ3v) is 7.59. The Morgan fingerprint density at radius 1 is 0.786 bits per heavy atom. The first kappa shape index (κ1) is 27.5. The third kappa shape index (κ3) is 5.35. The van der Waals surface area contributed by atoms with Crippen LogP contribution in [0, 0.1) is 0 Å². The van der Waals surface area contributed by atoms with Crippen molar-refractivity contribution < 1.29 is 14.3 Å². The highest BCUT2D eigenvalue weighted by Crippen LogP contribution is 2.39. The number of benzene rings is 5. The second-order valence-corrected chi connectivity index (χ2v) is 10.6. The molecule has 42 heavy (non-hydrogen) atoms. The molecular weight excluding hydrogens is 593 g/mol. The Morgan fingerprint density at radius 2 is 1.55 bits per heavy atom. The van der Waals surface area contributed by atoms with E-state index >= 15 is 0 Å². The van der Waals surface area contributed by atoms with Crippen LogP contribution in [0.5, 0.6) is 5.75 Å². The number of esters is 1. The van der Waals surface area contributed by atoms with Gasteiger partial charge in [0.1, 0.15) is 11.4 Å². The maximum Gasteiger partial charge on any atom is 0.345 e. The monoisotopic (exact) mass is 611 g/mol. The molecule has 5 aromatic carbocycles. The summed E-state index contributed by atoms with van der Waals surface area (Å²) in [6.45, 7) is 0. The molecule has 6 aromatic rings. The van der Waals surface area contributed by atoms with Gasteiger partial charge in [0.15, 0.2) is 0 Å². The van der Waals surface area contributed by atoms with E-state index in [1.54, 1.807) is 36.4 Å². The zero-order valence-electron chi connectivity index (χ0n) is 21.7. The van der Waals surface area contributed by atoms with Crippen LogP contribution in [-0.4, -0.2) is 23.1 Å². The van der Waals surface area contributed by atoms with Crippen LogP contribution in [0.3, 0.4) is 0 Å².